The van der Waals surface area contributed by atoms with E-state index in [1.807, 2.05) is 36.4 Å². The molecule has 6 heteroatoms. The molecule has 0 N–H and O–H groups in total. The van der Waals surface area contributed by atoms with Crippen molar-refractivity contribution < 1.29 is 16.8 Å². The molecule has 0 amide bonds. The second kappa shape index (κ2) is 9.00. The van der Waals surface area contributed by atoms with Crippen molar-refractivity contribution in [3.05, 3.63) is 66.7 Å². The molecular formula is C24H28O4S2. The van der Waals surface area contributed by atoms with Gasteiger partial charge in [0.2, 0.25) is 0 Å². The Labute approximate surface area is 180 Å². The van der Waals surface area contributed by atoms with Gasteiger partial charge in [-0.2, -0.15) is 8.42 Å². The van der Waals surface area contributed by atoms with Gasteiger partial charge in [-0.3, -0.25) is 0 Å². The van der Waals surface area contributed by atoms with Gasteiger partial charge in [-0.25, -0.2) is 3.63 Å². The summed E-state index contributed by atoms with van der Waals surface area (Å²) in [7, 11) is -5.80. The normalized spacial score (nSPS) is 17.1. The minimum atomic E-state index is -3.84. The fourth-order valence-electron chi connectivity index (χ4n) is 3.92. The van der Waals surface area contributed by atoms with E-state index in [4.69, 9.17) is 8.37 Å². The number of rotatable bonds is 8. The first-order valence-electron chi connectivity index (χ1n) is 10.5. The molecular weight excluding hydrogens is 416 g/mol. The average molecular weight is 445 g/mol. The fraction of sp³-hybridized carbons (Fsp3) is 0.333. The van der Waals surface area contributed by atoms with E-state index in [1.165, 1.54) is 0 Å². The van der Waals surface area contributed by atoms with E-state index in [0.717, 1.165) is 58.6 Å². The van der Waals surface area contributed by atoms with Crippen molar-refractivity contribution >= 4 is 31.2 Å². The first-order chi connectivity index (χ1) is 14.6. The molecule has 1 saturated heterocycles. The highest BCUT2D eigenvalue weighted by Crippen LogP contribution is 2.64. The SMILES string of the molecule is CCCCOc1ccc(S2(OS(=O)(=O)c3ccccc3)CCCC2)c2ccccc12. The second-order valence-electron chi connectivity index (χ2n) is 7.57. The zero-order valence-electron chi connectivity index (χ0n) is 17.3. The van der Waals surface area contributed by atoms with Crippen LogP contribution in [0.1, 0.15) is 32.6 Å². The molecule has 0 bridgehead atoms. The maximum atomic E-state index is 13.1. The zero-order chi connectivity index (χ0) is 21.0. The summed E-state index contributed by atoms with van der Waals surface area (Å²) < 4.78 is 38.4. The lowest BCUT2D eigenvalue weighted by Crippen LogP contribution is -2.15. The van der Waals surface area contributed by atoms with Crippen LogP contribution in [0.15, 0.2) is 76.5 Å². The molecule has 4 nitrogen and oxygen atoms in total. The van der Waals surface area contributed by atoms with Gasteiger partial charge in [-0.05, 0) is 48.9 Å². The number of fused-ring (bicyclic) bond motifs is 1. The van der Waals surface area contributed by atoms with Gasteiger partial charge in [0, 0.05) is 21.8 Å². The van der Waals surface area contributed by atoms with Gasteiger partial charge >= 0.3 is 10.1 Å². The predicted octanol–water partition coefficient (Wildman–Crippen LogP) is 6.30. The summed E-state index contributed by atoms with van der Waals surface area (Å²) in [4.78, 5) is 1.23. The van der Waals surface area contributed by atoms with Crippen molar-refractivity contribution in [1.82, 2.24) is 0 Å². The third-order valence-electron chi connectivity index (χ3n) is 5.45. The van der Waals surface area contributed by atoms with E-state index in [1.54, 1.807) is 24.3 Å². The number of hydrogen-bond acceptors (Lipinski definition) is 4. The molecule has 0 radical (unpaired) electrons. The molecule has 1 aliphatic rings. The first-order valence-corrected chi connectivity index (χ1v) is 13.8. The molecule has 0 aromatic heterocycles. The summed E-state index contributed by atoms with van der Waals surface area (Å²) in [5.74, 6) is 2.37. The van der Waals surface area contributed by atoms with Gasteiger partial charge in [-0.15, -0.1) is 0 Å². The predicted molar refractivity (Wildman–Crippen MR) is 124 cm³/mol. The van der Waals surface area contributed by atoms with Gasteiger partial charge in [0.05, 0.1) is 11.5 Å². The number of ether oxygens (including phenoxy) is 1. The minimum Gasteiger partial charge on any atom is -0.493 e. The Morgan fingerprint density at radius 2 is 1.53 bits per heavy atom. The van der Waals surface area contributed by atoms with Crippen LogP contribution in [0.5, 0.6) is 5.75 Å². The standard InChI is InChI=1S/C24H28O4S2/c1-2-3-17-27-23-15-16-24(22-14-8-7-13-21(22)23)29(18-9-10-19-29)28-30(25,26)20-11-5-4-6-12-20/h4-8,11-16H,2-3,9-10,17-19H2,1H3. The van der Waals surface area contributed by atoms with E-state index >= 15 is 0 Å². The Kier molecular flexibility index (Phi) is 6.37. The molecule has 0 spiro atoms. The summed E-state index contributed by atoms with van der Waals surface area (Å²) in [5, 5.41) is 2.05. The molecule has 4 rings (SSSR count). The first kappa shape index (κ1) is 21.2. The Balaban J connectivity index is 1.77. The maximum Gasteiger partial charge on any atom is 0.306 e. The monoisotopic (exact) mass is 444 g/mol. The van der Waals surface area contributed by atoms with Crippen LogP contribution in [0.3, 0.4) is 0 Å². The van der Waals surface area contributed by atoms with E-state index in [0.29, 0.717) is 6.61 Å². The molecule has 0 saturated carbocycles. The lowest BCUT2D eigenvalue weighted by atomic mass is 10.1. The quantitative estimate of drug-likeness (QED) is 0.383. The van der Waals surface area contributed by atoms with Crippen LogP contribution >= 0.6 is 10.3 Å². The van der Waals surface area contributed by atoms with Crippen LogP contribution in [0.2, 0.25) is 0 Å². The van der Waals surface area contributed by atoms with E-state index < -0.39 is 20.4 Å². The highest BCUT2D eigenvalue weighted by Gasteiger charge is 2.38. The van der Waals surface area contributed by atoms with Crippen molar-refractivity contribution in [3.8, 4) is 5.75 Å². The number of unbranched alkanes of at least 4 members (excludes halogenated alkanes) is 1. The second-order valence-corrected chi connectivity index (χ2v) is 12.4. The lowest BCUT2D eigenvalue weighted by Gasteiger charge is -2.35. The molecule has 0 aliphatic carbocycles. The van der Waals surface area contributed by atoms with Gasteiger partial charge in [-0.1, -0.05) is 66.1 Å². The Morgan fingerprint density at radius 1 is 0.867 bits per heavy atom. The molecule has 1 aliphatic heterocycles. The van der Waals surface area contributed by atoms with Crippen molar-refractivity contribution in [2.75, 3.05) is 18.1 Å². The van der Waals surface area contributed by atoms with Crippen LogP contribution < -0.4 is 4.74 Å². The highest BCUT2D eigenvalue weighted by atomic mass is 32.3. The Morgan fingerprint density at radius 3 is 2.23 bits per heavy atom. The van der Waals surface area contributed by atoms with Crippen LogP contribution in [0.4, 0.5) is 0 Å². The molecule has 30 heavy (non-hydrogen) atoms. The number of benzene rings is 3. The van der Waals surface area contributed by atoms with Crippen molar-refractivity contribution in [2.45, 2.75) is 42.4 Å². The fourth-order valence-corrected chi connectivity index (χ4v) is 9.81. The molecule has 3 aromatic rings. The summed E-state index contributed by atoms with van der Waals surface area (Å²) in [5.41, 5.74) is 0. The largest absolute Gasteiger partial charge is 0.493 e. The third kappa shape index (κ3) is 4.22. The van der Waals surface area contributed by atoms with Crippen molar-refractivity contribution in [1.29, 1.82) is 0 Å². The van der Waals surface area contributed by atoms with Crippen molar-refractivity contribution in [3.63, 3.8) is 0 Å². The Bertz CT molecular complexity index is 1100. The average Bonchev–Trinajstić information content (AvgIpc) is 3.23. The molecule has 0 atom stereocenters. The van der Waals surface area contributed by atoms with Crippen LogP contribution in [0, 0.1) is 0 Å². The molecule has 160 valence electrons. The Hall–Kier alpha value is -2.02. The molecule has 1 fully saturated rings. The van der Waals surface area contributed by atoms with Crippen LogP contribution in [-0.2, 0) is 13.7 Å². The topological polar surface area (TPSA) is 52.6 Å². The van der Waals surface area contributed by atoms with Crippen LogP contribution in [-0.4, -0.2) is 26.5 Å². The van der Waals surface area contributed by atoms with Gasteiger partial charge < -0.3 is 4.74 Å². The van der Waals surface area contributed by atoms with E-state index in [9.17, 15) is 8.42 Å². The van der Waals surface area contributed by atoms with E-state index in [2.05, 4.69) is 13.0 Å². The maximum absolute atomic E-state index is 13.1. The smallest absolute Gasteiger partial charge is 0.306 e. The van der Waals surface area contributed by atoms with Crippen molar-refractivity contribution in [2.24, 2.45) is 0 Å². The summed E-state index contributed by atoms with van der Waals surface area (Å²) in [6, 6.07) is 20.6. The molecule has 3 aromatic carbocycles. The van der Waals surface area contributed by atoms with Crippen LogP contribution in [0.25, 0.3) is 10.8 Å². The van der Waals surface area contributed by atoms with Gasteiger partial charge in [0.25, 0.3) is 0 Å². The van der Waals surface area contributed by atoms with Gasteiger partial charge in [0.15, 0.2) is 0 Å². The summed E-state index contributed by atoms with van der Waals surface area (Å²) in [6.45, 7) is 2.82. The number of hydrogen-bond donors (Lipinski definition) is 0. The highest BCUT2D eigenvalue weighted by molar-refractivity contribution is 8.33. The van der Waals surface area contributed by atoms with E-state index in [-0.39, 0.29) is 4.90 Å². The zero-order valence-corrected chi connectivity index (χ0v) is 18.9. The summed E-state index contributed by atoms with van der Waals surface area (Å²) >= 11 is 0. The molecule has 1 heterocycles. The third-order valence-corrected chi connectivity index (χ3v) is 11.1. The minimum absolute atomic E-state index is 0.215. The lowest BCUT2D eigenvalue weighted by molar-refractivity contribution is 0.313. The van der Waals surface area contributed by atoms with Gasteiger partial charge in [0.1, 0.15) is 5.75 Å². The molecule has 0 unspecified atom stereocenters. The summed E-state index contributed by atoms with van der Waals surface area (Å²) in [6.07, 6.45) is 4.03.